The van der Waals surface area contributed by atoms with Gasteiger partial charge in [0.25, 0.3) is 0 Å². The quantitative estimate of drug-likeness (QED) is 0.150. The molecule has 0 amide bonds. The van der Waals surface area contributed by atoms with Crippen molar-refractivity contribution in [1.82, 2.24) is 19.5 Å². The van der Waals surface area contributed by atoms with Crippen LogP contribution in [0.4, 0.5) is 26.3 Å². The first-order valence-electron chi connectivity index (χ1n) is 20.4. The monoisotopic (exact) mass is 863 g/mol. The van der Waals surface area contributed by atoms with E-state index in [1.165, 1.54) is 12.1 Å². The molecule has 0 aliphatic heterocycles. The van der Waals surface area contributed by atoms with E-state index in [1.54, 1.807) is 42.5 Å². The van der Waals surface area contributed by atoms with Gasteiger partial charge in [-0.15, -0.1) is 0 Å². The molecule has 0 aliphatic carbocycles. The second kappa shape index (κ2) is 16.1. The Kier molecular flexibility index (Phi) is 10.1. The van der Waals surface area contributed by atoms with E-state index in [-0.39, 0.29) is 28.1 Å². The van der Waals surface area contributed by atoms with Crippen LogP contribution in [0.25, 0.3) is 95.0 Å². The Hall–Kier alpha value is -8.36. The van der Waals surface area contributed by atoms with Crippen LogP contribution in [0.5, 0.6) is 0 Å². The molecule has 2 aromatic heterocycles. The lowest BCUT2D eigenvalue weighted by atomic mass is 9.91. The molecule has 0 saturated heterocycles. The van der Waals surface area contributed by atoms with Crippen molar-refractivity contribution in [2.75, 3.05) is 0 Å². The number of nitrogens with zero attached hydrogens (tertiary/aromatic N) is 5. The topological polar surface area (TPSA) is 67.4 Å². The number of rotatable bonds is 7. The molecule has 314 valence electrons. The minimum Gasteiger partial charge on any atom is -0.308 e. The molecule has 0 N–H and O–H groups in total. The van der Waals surface area contributed by atoms with Gasteiger partial charge in [0.05, 0.1) is 39.5 Å². The lowest BCUT2D eigenvalue weighted by Crippen LogP contribution is -2.07. The van der Waals surface area contributed by atoms with Crippen molar-refractivity contribution in [2.24, 2.45) is 0 Å². The number of hydrogen-bond acceptors (Lipinski definition) is 4. The minimum atomic E-state index is -4.72. The molecule has 0 unspecified atom stereocenters. The zero-order valence-corrected chi connectivity index (χ0v) is 33.9. The van der Waals surface area contributed by atoms with E-state index < -0.39 is 23.5 Å². The van der Waals surface area contributed by atoms with Gasteiger partial charge in [0, 0.05) is 38.6 Å². The maximum atomic E-state index is 14.6. The van der Waals surface area contributed by atoms with E-state index >= 15 is 0 Å². The molecular weight excluding hydrogens is 833 g/mol. The third-order valence-corrected chi connectivity index (χ3v) is 11.3. The number of para-hydroxylation sites is 1. The summed E-state index contributed by atoms with van der Waals surface area (Å²) in [5, 5.41) is 11.2. The lowest BCUT2D eigenvalue weighted by molar-refractivity contribution is -0.138. The fourth-order valence-corrected chi connectivity index (χ4v) is 8.27. The Morgan fingerprint density at radius 1 is 0.385 bits per heavy atom. The zero-order chi connectivity index (χ0) is 44.9. The van der Waals surface area contributed by atoms with Gasteiger partial charge in [-0.1, -0.05) is 121 Å². The molecule has 0 radical (unpaired) electrons. The molecule has 0 spiro atoms. The largest absolute Gasteiger partial charge is 0.416 e. The molecule has 0 aliphatic rings. The van der Waals surface area contributed by atoms with Crippen molar-refractivity contribution >= 4 is 21.8 Å². The number of benzene rings is 8. The third-order valence-electron chi connectivity index (χ3n) is 11.3. The van der Waals surface area contributed by atoms with E-state index in [4.69, 9.17) is 15.0 Å². The van der Waals surface area contributed by atoms with Gasteiger partial charge >= 0.3 is 12.4 Å². The third kappa shape index (κ3) is 7.76. The molecular formula is C54H31F6N5. The predicted molar refractivity (Wildman–Crippen MR) is 242 cm³/mol. The summed E-state index contributed by atoms with van der Waals surface area (Å²) in [7, 11) is 0. The van der Waals surface area contributed by atoms with Crippen molar-refractivity contribution in [3.8, 4) is 79.3 Å². The highest BCUT2D eigenvalue weighted by molar-refractivity contribution is 6.12. The van der Waals surface area contributed by atoms with E-state index in [9.17, 15) is 31.6 Å². The first-order valence-corrected chi connectivity index (χ1v) is 20.4. The first-order chi connectivity index (χ1) is 31.4. The fraction of sp³-hybridized carbons (Fsp3) is 0.0370. The summed E-state index contributed by atoms with van der Waals surface area (Å²) in [6.45, 7) is 0. The van der Waals surface area contributed by atoms with Crippen molar-refractivity contribution in [3.05, 3.63) is 205 Å². The van der Waals surface area contributed by atoms with Crippen LogP contribution in [0, 0.1) is 11.3 Å². The molecule has 65 heavy (non-hydrogen) atoms. The number of alkyl halides is 6. The van der Waals surface area contributed by atoms with E-state index in [0.29, 0.717) is 50.6 Å². The van der Waals surface area contributed by atoms with Crippen LogP contribution in [0.15, 0.2) is 188 Å². The van der Waals surface area contributed by atoms with Gasteiger partial charge in [-0.25, -0.2) is 15.0 Å². The van der Waals surface area contributed by atoms with Crippen LogP contribution in [-0.4, -0.2) is 19.5 Å². The minimum absolute atomic E-state index is 0.150. The van der Waals surface area contributed by atoms with Crippen molar-refractivity contribution in [2.45, 2.75) is 12.4 Å². The second-order valence-corrected chi connectivity index (χ2v) is 15.4. The van der Waals surface area contributed by atoms with Gasteiger partial charge in [-0.05, 0) is 89.0 Å². The number of aromatic nitrogens is 4. The van der Waals surface area contributed by atoms with Gasteiger partial charge < -0.3 is 4.57 Å². The molecule has 0 fully saturated rings. The summed E-state index contributed by atoms with van der Waals surface area (Å²) < 4.78 is 89.5. The van der Waals surface area contributed by atoms with Gasteiger partial charge in [-0.3, -0.25) is 0 Å². The van der Waals surface area contributed by atoms with Crippen molar-refractivity contribution < 1.29 is 26.3 Å². The predicted octanol–water partition coefficient (Wildman–Crippen LogP) is 14.9. The first kappa shape index (κ1) is 40.7. The smallest absolute Gasteiger partial charge is 0.308 e. The molecule has 0 bridgehead atoms. The van der Waals surface area contributed by atoms with Crippen LogP contribution in [0.2, 0.25) is 0 Å². The number of hydrogen-bond donors (Lipinski definition) is 0. The maximum absolute atomic E-state index is 14.6. The second-order valence-electron chi connectivity index (χ2n) is 15.4. The van der Waals surface area contributed by atoms with Crippen LogP contribution >= 0.6 is 0 Å². The van der Waals surface area contributed by atoms with E-state index in [1.807, 2.05) is 114 Å². The zero-order valence-electron chi connectivity index (χ0n) is 33.9. The number of nitriles is 1. The Morgan fingerprint density at radius 2 is 0.846 bits per heavy atom. The summed E-state index contributed by atoms with van der Waals surface area (Å²) in [5.41, 5.74) is 4.41. The summed E-state index contributed by atoms with van der Waals surface area (Å²) in [6.07, 6.45) is -9.43. The lowest BCUT2D eigenvalue weighted by Gasteiger charge is -2.22. The Morgan fingerprint density at radius 3 is 1.40 bits per heavy atom. The average molecular weight is 864 g/mol. The fourth-order valence-electron chi connectivity index (χ4n) is 8.27. The molecule has 2 heterocycles. The van der Waals surface area contributed by atoms with Gasteiger partial charge in [-0.2, -0.15) is 31.6 Å². The highest BCUT2D eigenvalue weighted by Gasteiger charge is 2.33. The molecule has 8 aromatic carbocycles. The summed E-state index contributed by atoms with van der Waals surface area (Å²) >= 11 is 0. The van der Waals surface area contributed by atoms with Crippen molar-refractivity contribution in [3.63, 3.8) is 0 Å². The average Bonchev–Trinajstić information content (AvgIpc) is 3.67. The van der Waals surface area contributed by atoms with E-state index in [0.717, 1.165) is 46.2 Å². The molecule has 0 atom stereocenters. The summed E-state index contributed by atoms with van der Waals surface area (Å²) in [4.78, 5) is 14.6. The number of halogens is 6. The van der Waals surface area contributed by atoms with Crippen LogP contribution in [-0.2, 0) is 12.4 Å². The highest BCUT2D eigenvalue weighted by Crippen LogP contribution is 2.46. The normalized spacial score (nSPS) is 11.8. The Labute approximate surface area is 368 Å². The maximum Gasteiger partial charge on any atom is 0.416 e. The molecule has 10 aromatic rings. The molecule has 11 heteroatoms. The van der Waals surface area contributed by atoms with Crippen LogP contribution in [0.1, 0.15) is 16.7 Å². The standard InChI is InChI=1S/C54H31F6N5/c55-53(56,57)41-20-10-18-38(27-41)44-30-40(52-63-50(34-13-3-1-4-14-34)62-51(64-52)35-15-5-2-6-16-35)31-45(39-19-11-21-42(28-39)54(58,59)60)49(44)65-47-23-8-7-22-43(47)46-29-37(24-25-48(46)65)36-17-9-12-33(26-36)32-61/h1-31H. The number of fused-ring (bicyclic) bond motifs is 3. The van der Waals surface area contributed by atoms with Crippen LogP contribution in [0.3, 0.4) is 0 Å². The van der Waals surface area contributed by atoms with Crippen LogP contribution < -0.4 is 0 Å². The molecule has 0 saturated carbocycles. The summed E-state index contributed by atoms with van der Waals surface area (Å²) in [6, 6.07) is 54.2. The van der Waals surface area contributed by atoms with E-state index in [2.05, 4.69) is 6.07 Å². The van der Waals surface area contributed by atoms with Gasteiger partial charge in [0.15, 0.2) is 17.5 Å². The Bertz CT molecular complexity index is 3340. The highest BCUT2D eigenvalue weighted by atomic mass is 19.4. The summed E-state index contributed by atoms with van der Waals surface area (Å²) in [5.74, 6) is 0.786. The van der Waals surface area contributed by atoms with Gasteiger partial charge in [0.1, 0.15) is 0 Å². The molecule has 10 rings (SSSR count). The van der Waals surface area contributed by atoms with Gasteiger partial charge in [0.2, 0.25) is 0 Å². The molecule has 5 nitrogen and oxygen atoms in total. The Balaban J connectivity index is 1.34. The SMILES string of the molecule is N#Cc1cccc(-c2ccc3c(c2)c2ccccc2n3-c2c(-c3cccc(C(F)(F)F)c3)cc(-c3nc(-c4ccccc4)nc(-c4ccccc4)n3)cc2-c2cccc(C(F)(F)F)c2)c1. The van der Waals surface area contributed by atoms with Crippen molar-refractivity contribution in [1.29, 1.82) is 5.26 Å².